The average molecular weight is 829 g/mol. The summed E-state index contributed by atoms with van der Waals surface area (Å²) in [5.74, 6) is 0.182. The van der Waals surface area contributed by atoms with Crippen LogP contribution in [0.25, 0.3) is 16.9 Å². The van der Waals surface area contributed by atoms with E-state index in [1.807, 2.05) is 35.4 Å². The van der Waals surface area contributed by atoms with Crippen molar-refractivity contribution < 1.29 is 23.2 Å². The molecule has 0 spiro atoms. The van der Waals surface area contributed by atoms with E-state index in [4.69, 9.17) is 9.97 Å². The number of pyridine rings is 1. The smallest absolute Gasteiger partial charge is 0.254 e. The summed E-state index contributed by atoms with van der Waals surface area (Å²) in [5.41, 5.74) is 5.86. The zero-order chi connectivity index (χ0) is 41.6. The van der Waals surface area contributed by atoms with Crippen molar-refractivity contribution >= 4 is 35.3 Å². The molecule has 3 atom stereocenters. The molecule has 5 aliphatic rings. The Labute approximate surface area is 353 Å². The Hall–Kier alpha value is -5.64. The highest BCUT2D eigenvalue weighted by molar-refractivity contribution is 6.27. The van der Waals surface area contributed by atoms with Gasteiger partial charge in [0, 0.05) is 87.8 Å². The maximum Gasteiger partial charge on any atom is 0.254 e. The first-order chi connectivity index (χ1) is 29.8. The van der Waals surface area contributed by atoms with E-state index in [0.29, 0.717) is 49.5 Å². The lowest BCUT2D eigenvalue weighted by atomic mass is 9.97. The van der Waals surface area contributed by atoms with E-state index in [2.05, 4.69) is 48.2 Å². The van der Waals surface area contributed by atoms with Crippen LogP contribution in [-0.4, -0.2) is 123 Å². The fourth-order valence-corrected chi connectivity index (χ4v) is 10.3. The summed E-state index contributed by atoms with van der Waals surface area (Å²) in [4.78, 5) is 57.7. The van der Waals surface area contributed by atoms with Crippen molar-refractivity contribution in [2.24, 2.45) is 0 Å². The maximum atomic E-state index is 14.8. The molecule has 0 bridgehead atoms. The van der Waals surface area contributed by atoms with E-state index in [1.54, 1.807) is 16.8 Å². The van der Waals surface area contributed by atoms with Crippen LogP contribution in [-0.2, 0) is 22.7 Å². The van der Waals surface area contributed by atoms with Gasteiger partial charge in [-0.25, -0.2) is 23.3 Å². The molecule has 3 unspecified atom stereocenters. The summed E-state index contributed by atoms with van der Waals surface area (Å²) in [6.45, 7) is 8.48. The van der Waals surface area contributed by atoms with Gasteiger partial charge in [-0.2, -0.15) is 5.10 Å². The van der Waals surface area contributed by atoms with Gasteiger partial charge in [0.15, 0.2) is 11.9 Å². The van der Waals surface area contributed by atoms with Crippen LogP contribution in [0, 0.1) is 11.6 Å². The minimum Gasteiger partial charge on any atom is -0.354 e. The Morgan fingerprint density at radius 2 is 1.67 bits per heavy atom. The Balaban J connectivity index is 0.728. The minimum absolute atomic E-state index is 0.0117. The molecular formula is C46H50F2N10O3. The number of aldehydes is 1. The van der Waals surface area contributed by atoms with Gasteiger partial charge in [-0.1, -0.05) is 24.3 Å². The number of benzene rings is 2. The third kappa shape index (κ3) is 7.78. The highest BCUT2D eigenvalue weighted by atomic mass is 19.1. The second-order valence-electron chi connectivity index (χ2n) is 17.2. The molecule has 316 valence electrons. The highest BCUT2D eigenvalue weighted by Crippen LogP contribution is 2.38. The number of hydrogen-bond acceptors (Lipinski definition) is 11. The number of carbonyl (C=O) groups is 3. The Morgan fingerprint density at radius 1 is 0.820 bits per heavy atom. The van der Waals surface area contributed by atoms with E-state index in [9.17, 15) is 23.2 Å². The normalized spacial score (nSPS) is 23.0. The predicted octanol–water partition coefficient (Wildman–Crippen LogP) is 5.04. The summed E-state index contributed by atoms with van der Waals surface area (Å²) >= 11 is 0. The Kier molecular flexibility index (Phi) is 10.8. The quantitative estimate of drug-likeness (QED) is 0.151. The number of halogens is 2. The summed E-state index contributed by atoms with van der Waals surface area (Å²) in [6, 6.07) is 18.0. The van der Waals surface area contributed by atoms with Crippen molar-refractivity contribution in [2.75, 3.05) is 62.2 Å². The number of carbonyl (C=O) groups excluding carboxylic acids is 3. The molecular weight excluding hydrogens is 779 g/mol. The number of nitrogens with one attached hydrogen (secondary N) is 1. The molecule has 4 saturated heterocycles. The lowest BCUT2D eigenvalue weighted by Crippen LogP contribution is -2.53. The van der Waals surface area contributed by atoms with Crippen LogP contribution >= 0.6 is 0 Å². The summed E-state index contributed by atoms with van der Waals surface area (Å²) < 4.78 is 30.3. The lowest BCUT2D eigenvalue weighted by Gasteiger charge is -2.43. The standard InChI is InChI=1S/C46H50F2N10O3/c47-32-7-10-36(38(48)24-32)41-4-2-15-56(41)44-14-18-58-45(52-44)37(26-50-58)39-3-1-5-43(51-39)55-21-19-54(20-22-55)33-12-16-53(17-13-33)27-30-6-9-35-31(23-30)28-57(46(35)61)34-8-11-40(49-25-34)42(60)29-59/h1,3,5-7,9-10,14,18,23-24,26,29,33-34,40-41,49H,2,4,8,11-13,15-17,19-22,25,27-28H2. The highest BCUT2D eigenvalue weighted by Gasteiger charge is 2.37. The third-order valence-corrected chi connectivity index (χ3v) is 13.6. The third-order valence-electron chi connectivity index (χ3n) is 13.6. The Bertz CT molecular complexity index is 2460. The number of rotatable bonds is 10. The number of fused-ring (bicyclic) bond motifs is 2. The molecule has 5 aliphatic heterocycles. The fourth-order valence-electron chi connectivity index (χ4n) is 10.3. The molecule has 2 aromatic carbocycles. The van der Waals surface area contributed by atoms with Gasteiger partial charge in [0.25, 0.3) is 5.91 Å². The van der Waals surface area contributed by atoms with E-state index >= 15 is 0 Å². The number of amides is 1. The van der Waals surface area contributed by atoms with E-state index in [0.717, 1.165) is 118 Å². The van der Waals surface area contributed by atoms with Crippen LogP contribution in [0.4, 0.5) is 20.4 Å². The second-order valence-corrected chi connectivity index (χ2v) is 17.2. The van der Waals surface area contributed by atoms with Crippen LogP contribution in [0.3, 0.4) is 0 Å². The number of ketones is 1. The topological polar surface area (TPSA) is 123 Å². The number of anilines is 2. The molecule has 61 heavy (non-hydrogen) atoms. The number of nitrogens with zero attached hydrogens (tertiary/aromatic N) is 9. The molecule has 0 aliphatic carbocycles. The lowest BCUT2D eigenvalue weighted by molar-refractivity contribution is -0.131. The first kappa shape index (κ1) is 39.5. The van der Waals surface area contributed by atoms with Crippen LogP contribution in [0.1, 0.15) is 71.6 Å². The van der Waals surface area contributed by atoms with Gasteiger partial charge < -0.3 is 20.0 Å². The SMILES string of the molecule is O=CC(=O)C1CCC(N2Cc3cc(CN4CCC(N5CCN(c6cccc(-c7cnn8ccc(N9CCCC9c9ccc(F)cc9F)nc78)n6)CC5)CC4)ccc3C2=O)CN1. The number of Topliss-reactive ketones (excluding diaryl/α,β-unsaturated/α-hetero) is 1. The van der Waals surface area contributed by atoms with Crippen molar-refractivity contribution in [3.05, 3.63) is 107 Å². The molecule has 15 heteroatoms. The van der Waals surface area contributed by atoms with Gasteiger partial charge in [0.05, 0.1) is 29.5 Å². The molecule has 3 aromatic heterocycles. The number of piperazine rings is 1. The van der Waals surface area contributed by atoms with Crippen molar-refractivity contribution in [2.45, 2.75) is 75.8 Å². The first-order valence-electron chi connectivity index (χ1n) is 21.7. The van der Waals surface area contributed by atoms with Gasteiger partial charge in [-0.05, 0) is 93.1 Å². The molecule has 1 amide bonds. The van der Waals surface area contributed by atoms with E-state index in [1.165, 1.54) is 11.6 Å². The predicted molar refractivity (Wildman–Crippen MR) is 226 cm³/mol. The molecule has 4 fully saturated rings. The zero-order valence-corrected chi connectivity index (χ0v) is 34.1. The van der Waals surface area contributed by atoms with Crippen molar-refractivity contribution in [3.63, 3.8) is 0 Å². The number of likely N-dealkylation sites (tertiary alicyclic amines) is 1. The molecule has 0 radical (unpaired) electrons. The first-order valence-corrected chi connectivity index (χ1v) is 21.7. The largest absolute Gasteiger partial charge is 0.354 e. The van der Waals surface area contributed by atoms with Crippen molar-refractivity contribution in [3.8, 4) is 11.3 Å². The molecule has 0 saturated carbocycles. The number of aromatic nitrogens is 4. The van der Waals surface area contributed by atoms with Crippen LogP contribution in [0.5, 0.6) is 0 Å². The van der Waals surface area contributed by atoms with Crippen LogP contribution < -0.4 is 15.1 Å². The van der Waals surface area contributed by atoms with E-state index < -0.39 is 23.5 Å². The van der Waals surface area contributed by atoms with Gasteiger partial charge in [0.2, 0.25) is 5.78 Å². The van der Waals surface area contributed by atoms with Crippen LogP contribution in [0.15, 0.2) is 73.1 Å². The van der Waals surface area contributed by atoms with Gasteiger partial charge in [-0.3, -0.25) is 24.2 Å². The summed E-state index contributed by atoms with van der Waals surface area (Å²) in [7, 11) is 0. The molecule has 13 nitrogen and oxygen atoms in total. The summed E-state index contributed by atoms with van der Waals surface area (Å²) in [5, 5.41) is 7.74. The van der Waals surface area contributed by atoms with Crippen molar-refractivity contribution in [1.29, 1.82) is 0 Å². The minimum atomic E-state index is -0.579. The molecule has 5 aromatic rings. The van der Waals surface area contributed by atoms with Gasteiger partial charge in [0.1, 0.15) is 23.3 Å². The number of piperidine rings is 2. The van der Waals surface area contributed by atoms with E-state index in [-0.39, 0.29) is 18.0 Å². The van der Waals surface area contributed by atoms with Gasteiger partial charge in [-0.15, -0.1) is 0 Å². The molecule has 1 N–H and O–H groups in total. The second kappa shape index (κ2) is 16.7. The number of hydrogen-bond donors (Lipinski definition) is 1. The average Bonchev–Trinajstić information content (AvgIpc) is 4.04. The zero-order valence-electron chi connectivity index (χ0n) is 34.1. The molecule has 10 rings (SSSR count). The Morgan fingerprint density at radius 3 is 2.46 bits per heavy atom. The monoisotopic (exact) mass is 828 g/mol. The van der Waals surface area contributed by atoms with Crippen LogP contribution in [0.2, 0.25) is 0 Å². The van der Waals surface area contributed by atoms with Crippen molar-refractivity contribution in [1.82, 2.24) is 39.6 Å². The molecule has 8 heterocycles. The van der Waals surface area contributed by atoms with Gasteiger partial charge >= 0.3 is 0 Å². The summed E-state index contributed by atoms with van der Waals surface area (Å²) in [6.07, 6.45) is 9.22. The maximum absolute atomic E-state index is 14.8. The fraction of sp³-hybridized carbons (Fsp3) is 0.435.